The first-order valence-corrected chi connectivity index (χ1v) is 7.99. The number of hydrogen-bond acceptors (Lipinski definition) is 3. The second-order valence-electron chi connectivity index (χ2n) is 5.51. The molecule has 0 aliphatic rings. The molecule has 2 N–H and O–H groups in total. The number of hydrogen-bond donors (Lipinski definition) is 1. The van der Waals surface area contributed by atoms with Crippen LogP contribution in [-0.2, 0) is 13.6 Å². The lowest BCUT2D eigenvalue weighted by Gasteiger charge is -2.31. The number of rotatable bonds is 6. The SMILES string of the molecule is CCC(N)C(c1cnn(C)c1)N(C)Cc1cccc(Br)c1. The largest absolute Gasteiger partial charge is 0.326 e. The second-order valence-corrected chi connectivity index (χ2v) is 6.42. The molecule has 0 amide bonds. The number of nitrogens with zero attached hydrogens (tertiary/aromatic N) is 3. The molecule has 0 spiro atoms. The van der Waals surface area contributed by atoms with Gasteiger partial charge in [-0.2, -0.15) is 5.10 Å². The highest BCUT2D eigenvalue weighted by Crippen LogP contribution is 2.25. The number of aryl methyl sites for hydroxylation is 1. The quantitative estimate of drug-likeness (QED) is 0.870. The number of likely N-dealkylation sites (N-methyl/N-ethyl adjacent to an activating group) is 1. The van der Waals surface area contributed by atoms with Crippen LogP contribution in [0.3, 0.4) is 0 Å². The average Bonchev–Trinajstić information content (AvgIpc) is 2.85. The Bertz CT molecular complexity index is 581. The minimum absolute atomic E-state index is 0.0892. The Morgan fingerprint density at radius 3 is 2.76 bits per heavy atom. The van der Waals surface area contributed by atoms with Crippen LogP contribution in [0.1, 0.15) is 30.5 Å². The standard InChI is InChI=1S/C16H23BrN4/c1-4-15(18)16(13-9-19-21(3)11-13)20(2)10-12-6-5-7-14(17)8-12/h5-9,11,15-16H,4,10,18H2,1-3H3. The summed E-state index contributed by atoms with van der Waals surface area (Å²) in [5, 5.41) is 4.28. The van der Waals surface area contributed by atoms with E-state index in [1.165, 1.54) is 11.1 Å². The number of benzene rings is 1. The van der Waals surface area contributed by atoms with Gasteiger partial charge in [-0.15, -0.1) is 0 Å². The summed E-state index contributed by atoms with van der Waals surface area (Å²) in [6.45, 7) is 2.98. The Hall–Kier alpha value is -1.17. The molecule has 2 rings (SSSR count). The number of nitrogens with two attached hydrogens (primary N) is 1. The van der Waals surface area contributed by atoms with Crippen molar-refractivity contribution in [3.05, 3.63) is 52.3 Å². The second kappa shape index (κ2) is 7.20. The third-order valence-corrected chi connectivity index (χ3v) is 4.23. The molecule has 1 aromatic carbocycles. The van der Waals surface area contributed by atoms with Crippen LogP contribution in [0.2, 0.25) is 0 Å². The van der Waals surface area contributed by atoms with Crippen LogP contribution in [0.5, 0.6) is 0 Å². The Balaban J connectivity index is 2.20. The molecule has 0 saturated heterocycles. The summed E-state index contributed by atoms with van der Waals surface area (Å²) in [6.07, 6.45) is 4.90. The van der Waals surface area contributed by atoms with Crippen molar-refractivity contribution in [1.29, 1.82) is 0 Å². The van der Waals surface area contributed by atoms with Crippen molar-refractivity contribution in [2.45, 2.75) is 32.0 Å². The van der Waals surface area contributed by atoms with Crippen molar-refractivity contribution < 1.29 is 0 Å². The van der Waals surface area contributed by atoms with Gasteiger partial charge in [-0.05, 0) is 31.2 Å². The van der Waals surface area contributed by atoms with E-state index in [0.717, 1.165) is 17.4 Å². The Kier molecular flexibility index (Phi) is 5.56. The molecular formula is C16H23BrN4. The summed E-state index contributed by atoms with van der Waals surface area (Å²) in [5.74, 6) is 0. The van der Waals surface area contributed by atoms with Gasteiger partial charge in [0.05, 0.1) is 12.2 Å². The van der Waals surface area contributed by atoms with Crippen molar-refractivity contribution in [3.8, 4) is 0 Å². The molecule has 0 aliphatic carbocycles. The maximum Gasteiger partial charge on any atom is 0.0538 e. The molecule has 2 atom stereocenters. The Morgan fingerprint density at radius 2 is 2.19 bits per heavy atom. The third-order valence-electron chi connectivity index (χ3n) is 3.74. The normalized spacial score (nSPS) is 14.4. The maximum absolute atomic E-state index is 6.36. The van der Waals surface area contributed by atoms with Crippen molar-refractivity contribution in [2.75, 3.05) is 7.05 Å². The van der Waals surface area contributed by atoms with Gasteiger partial charge in [-0.1, -0.05) is 35.0 Å². The molecule has 1 heterocycles. The first kappa shape index (κ1) is 16.2. The molecule has 0 radical (unpaired) electrons. The first-order valence-electron chi connectivity index (χ1n) is 7.20. The molecule has 2 aromatic rings. The van der Waals surface area contributed by atoms with E-state index in [1.807, 2.05) is 24.0 Å². The predicted molar refractivity (Wildman–Crippen MR) is 89.8 cm³/mol. The van der Waals surface area contributed by atoms with E-state index in [0.29, 0.717) is 0 Å². The van der Waals surface area contributed by atoms with Gasteiger partial charge in [-0.3, -0.25) is 9.58 Å². The Labute approximate surface area is 135 Å². The summed E-state index contributed by atoms with van der Waals surface area (Å²) < 4.78 is 2.93. The van der Waals surface area contributed by atoms with Gasteiger partial charge < -0.3 is 5.73 Å². The lowest BCUT2D eigenvalue weighted by molar-refractivity contribution is 0.201. The topological polar surface area (TPSA) is 47.1 Å². The van der Waals surface area contributed by atoms with Gasteiger partial charge in [0.15, 0.2) is 0 Å². The van der Waals surface area contributed by atoms with Gasteiger partial charge in [0.2, 0.25) is 0 Å². The average molecular weight is 351 g/mol. The fourth-order valence-electron chi connectivity index (χ4n) is 2.67. The number of aromatic nitrogens is 2. The van der Waals surface area contributed by atoms with E-state index in [2.05, 4.69) is 64.3 Å². The van der Waals surface area contributed by atoms with Crippen LogP contribution in [0, 0.1) is 0 Å². The lowest BCUT2D eigenvalue weighted by atomic mass is 9.99. The molecule has 0 bridgehead atoms. The third kappa shape index (κ3) is 4.15. The zero-order valence-electron chi connectivity index (χ0n) is 12.8. The van der Waals surface area contributed by atoms with E-state index in [-0.39, 0.29) is 12.1 Å². The lowest BCUT2D eigenvalue weighted by Crippen LogP contribution is -2.38. The van der Waals surface area contributed by atoms with Crippen LogP contribution < -0.4 is 5.73 Å². The van der Waals surface area contributed by atoms with E-state index >= 15 is 0 Å². The molecule has 4 nitrogen and oxygen atoms in total. The molecule has 2 unspecified atom stereocenters. The molecule has 114 valence electrons. The zero-order chi connectivity index (χ0) is 15.4. The summed E-state index contributed by atoms with van der Waals surface area (Å²) >= 11 is 3.52. The number of halogens is 1. The van der Waals surface area contributed by atoms with E-state index in [4.69, 9.17) is 5.73 Å². The van der Waals surface area contributed by atoms with Gasteiger partial charge in [0.1, 0.15) is 0 Å². The van der Waals surface area contributed by atoms with Gasteiger partial charge in [-0.25, -0.2) is 0 Å². The van der Waals surface area contributed by atoms with Gasteiger partial charge >= 0.3 is 0 Å². The highest BCUT2D eigenvalue weighted by molar-refractivity contribution is 9.10. The Morgan fingerprint density at radius 1 is 1.43 bits per heavy atom. The van der Waals surface area contributed by atoms with E-state index in [1.54, 1.807) is 0 Å². The molecule has 0 aliphatic heterocycles. The monoisotopic (exact) mass is 350 g/mol. The summed E-state index contributed by atoms with van der Waals surface area (Å²) in [6, 6.07) is 8.65. The van der Waals surface area contributed by atoms with E-state index < -0.39 is 0 Å². The molecular weight excluding hydrogens is 328 g/mol. The van der Waals surface area contributed by atoms with Gasteiger partial charge in [0.25, 0.3) is 0 Å². The summed E-state index contributed by atoms with van der Waals surface area (Å²) in [7, 11) is 4.06. The zero-order valence-corrected chi connectivity index (χ0v) is 14.4. The van der Waals surface area contributed by atoms with Crippen LogP contribution in [0.4, 0.5) is 0 Å². The van der Waals surface area contributed by atoms with Crippen molar-refractivity contribution in [3.63, 3.8) is 0 Å². The summed E-state index contributed by atoms with van der Waals surface area (Å²) in [5.41, 5.74) is 8.79. The van der Waals surface area contributed by atoms with Crippen molar-refractivity contribution in [1.82, 2.24) is 14.7 Å². The fourth-order valence-corrected chi connectivity index (χ4v) is 3.11. The first-order chi connectivity index (χ1) is 10.0. The van der Waals surface area contributed by atoms with Crippen LogP contribution >= 0.6 is 15.9 Å². The highest BCUT2D eigenvalue weighted by atomic mass is 79.9. The maximum atomic E-state index is 6.36. The molecule has 0 saturated carbocycles. The minimum Gasteiger partial charge on any atom is -0.326 e. The predicted octanol–water partition coefficient (Wildman–Crippen LogP) is 3.09. The van der Waals surface area contributed by atoms with Crippen LogP contribution in [0.25, 0.3) is 0 Å². The smallest absolute Gasteiger partial charge is 0.0538 e. The van der Waals surface area contributed by atoms with Crippen molar-refractivity contribution in [2.24, 2.45) is 12.8 Å². The van der Waals surface area contributed by atoms with Crippen LogP contribution in [0.15, 0.2) is 41.1 Å². The van der Waals surface area contributed by atoms with Gasteiger partial charge in [0, 0.05) is 35.9 Å². The minimum atomic E-state index is 0.0892. The summed E-state index contributed by atoms with van der Waals surface area (Å²) in [4.78, 5) is 2.30. The van der Waals surface area contributed by atoms with Crippen LogP contribution in [-0.4, -0.2) is 27.8 Å². The molecule has 0 fully saturated rings. The fraction of sp³-hybridized carbons (Fsp3) is 0.438. The van der Waals surface area contributed by atoms with Crippen molar-refractivity contribution >= 4 is 15.9 Å². The molecule has 5 heteroatoms. The highest BCUT2D eigenvalue weighted by Gasteiger charge is 2.24. The van der Waals surface area contributed by atoms with E-state index in [9.17, 15) is 0 Å². The molecule has 21 heavy (non-hydrogen) atoms. The molecule has 1 aromatic heterocycles.